The Morgan fingerprint density at radius 1 is 1.00 bits per heavy atom. The van der Waals surface area contributed by atoms with Crippen molar-refractivity contribution in [3.05, 3.63) is 66.2 Å². The molecule has 4 rings (SSSR count). The van der Waals surface area contributed by atoms with Crippen molar-refractivity contribution in [1.29, 1.82) is 0 Å². The lowest BCUT2D eigenvalue weighted by molar-refractivity contribution is -0.122. The second-order valence-electron chi connectivity index (χ2n) is 6.76. The van der Waals surface area contributed by atoms with E-state index in [0.717, 1.165) is 16.3 Å². The number of hydrogen-bond donors (Lipinski definition) is 2. The Kier molecular flexibility index (Phi) is 5.12. The predicted molar refractivity (Wildman–Crippen MR) is 108 cm³/mol. The van der Waals surface area contributed by atoms with Crippen LogP contribution in [-0.2, 0) is 21.4 Å². The molecule has 1 amide bonds. The van der Waals surface area contributed by atoms with Gasteiger partial charge in [0, 0.05) is 6.54 Å². The fourth-order valence-corrected chi connectivity index (χ4v) is 4.32. The number of benzene rings is 3. The van der Waals surface area contributed by atoms with Gasteiger partial charge in [-0.05, 0) is 47.5 Å². The molecule has 2 N–H and O–H groups in total. The molecule has 0 saturated heterocycles. The maximum Gasteiger partial charge on any atom is 0.241 e. The average molecular weight is 412 g/mol. The van der Waals surface area contributed by atoms with Gasteiger partial charge in [0.25, 0.3) is 0 Å². The number of rotatable bonds is 6. The van der Waals surface area contributed by atoms with Crippen LogP contribution in [0.5, 0.6) is 11.5 Å². The van der Waals surface area contributed by atoms with Crippen LogP contribution in [0, 0.1) is 0 Å². The van der Waals surface area contributed by atoms with Crippen molar-refractivity contribution in [1.82, 2.24) is 10.0 Å². The highest BCUT2D eigenvalue weighted by Crippen LogP contribution is 2.32. The second kappa shape index (κ2) is 7.73. The molecular formula is C21H20N2O5S. The molecule has 3 aromatic rings. The van der Waals surface area contributed by atoms with Crippen molar-refractivity contribution in [2.75, 3.05) is 6.79 Å². The summed E-state index contributed by atoms with van der Waals surface area (Å²) in [7, 11) is -3.83. The molecule has 0 aromatic heterocycles. The lowest BCUT2D eigenvalue weighted by Gasteiger charge is -2.15. The van der Waals surface area contributed by atoms with Crippen LogP contribution in [0.25, 0.3) is 10.8 Å². The number of sulfonamides is 1. The normalized spacial score (nSPS) is 14.0. The molecule has 1 heterocycles. The van der Waals surface area contributed by atoms with Crippen molar-refractivity contribution >= 4 is 26.7 Å². The molecule has 29 heavy (non-hydrogen) atoms. The zero-order chi connectivity index (χ0) is 20.4. The number of ether oxygens (including phenoxy) is 2. The van der Waals surface area contributed by atoms with Crippen molar-refractivity contribution in [2.45, 2.75) is 24.4 Å². The molecule has 1 atom stereocenters. The van der Waals surface area contributed by atoms with Crippen LogP contribution in [0.1, 0.15) is 12.5 Å². The number of nitrogens with one attached hydrogen (secondary N) is 2. The molecule has 1 aliphatic heterocycles. The van der Waals surface area contributed by atoms with Crippen molar-refractivity contribution in [3.8, 4) is 11.5 Å². The van der Waals surface area contributed by atoms with Crippen molar-refractivity contribution < 1.29 is 22.7 Å². The van der Waals surface area contributed by atoms with Crippen LogP contribution >= 0.6 is 0 Å². The van der Waals surface area contributed by atoms with E-state index in [9.17, 15) is 13.2 Å². The summed E-state index contributed by atoms with van der Waals surface area (Å²) in [6.07, 6.45) is 0. The van der Waals surface area contributed by atoms with Crippen molar-refractivity contribution in [3.63, 3.8) is 0 Å². The minimum absolute atomic E-state index is 0.117. The van der Waals surface area contributed by atoms with Crippen LogP contribution in [-0.4, -0.2) is 27.2 Å². The van der Waals surface area contributed by atoms with Gasteiger partial charge in [-0.15, -0.1) is 0 Å². The number of amides is 1. The molecule has 1 aliphatic rings. The molecule has 0 spiro atoms. The summed E-state index contributed by atoms with van der Waals surface area (Å²) in [6.45, 7) is 1.93. The minimum Gasteiger partial charge on any atom is -0.454 e. The summed E-state index contributed by atoms with van der Waals surface area (Å²) >= 11 is 0. The lowest BCUT2D eigenvalue weighted by Crippen LogP contribution is -2.44. The van der Waals surface area contributed by atoms with Gasteiger partial charge in [0.2, 0.25) is 22.7 Å². The van der Waals surface area contributed by atoms with E-state index in [1.807, 2.05) is 30.3 Å². The number of carbonyl (C=O) groups is 1. The highest BCUT2D eigenvalue weighted by atomic mass is 32.2. The molecule has 0 unspecified atom stereocenters. The first-order valence-corrected chi connectivity index (χ1v) is 10.6. The molecular weight excluding hydrogens is 392 g/mol. The molecule has 3 aromatic carbocycles. The predicted octanol–water partition coefficient (Wildman–Crippen LogP) is 2.55. The van der Waals surface area contributed by atoms with E-state index in [-0.39, 0.29) is 18.2 Å². The van der Waals surface area contributed by atoms with Crippen LogP contribution in [0.3, 0.4) is 0 Å². The fourth-order valence-electron chi connectivity index (χ4n) is 3.08. The van der Waals surface area contributed by atoms with E-state index in [2.05, 4.69) is 10.0 Å². The van der Waals surface area contributed by atoms with Crippen molar-refractivity contribution in [2.24, 2.45) is 0 Å². The van der Waals surface area contributed by atoms with E-state index in [4.69, 9.17) is 9.47 Å². The van der Waals surface area contributed by atoms with E-state index in [1.165, 1.54) is 13.0 Å². The Morgan fingerprint density at radius 2 is 1.76 bits per heavy atom. The SMILES string of the molecule is C[C@@H](NS(=O)(=O)c1ccc2ccccc2c1)C(=O)NCc1ccc2c(c1)OCO2. The van der Waals surface area contributed by atoms with E-state index >= 15 is 0 Å². The summed E-state index contributed by atoms with van der Waals surface area (Å²) in [5, 5.41) is 4.49. The number of hydrogen-bond acceptors (Lipinski definition) is 5. The Labute approximate surface area is 168 Å². The molecule has 0 bridgehead atoms. The summed E-state index contributed by atoms with van der Waals surface area (Å²) in [5.41, 5.74) is 0.826. The Bertz CT molecular complexity index is 1180. The topological polar surface area (TPSA) is 93.7 Å². The molecule has 0 radical (unpaired) electrons. The third kappa shape index (κ3) is 4.18. The van der Waals surface area contributed by atoms with E-state index in [0.29, 0.717) is 11.5 Å². The van der Waals surface area contributed by atoms with Gasteiger partial charge in [-0.25, -0.2) is 8.42 Å². The van der Waals surface area contributed by atoms with Crippen LogP contribution < -0.4 is 19.5 Å². The van der Waals surface area contributed by atoms with Gasteiger partial charge in [-0.3, -0.25) is 4.79 Å². The van der Waals surface area contributed by atoms with Crippen LogP contribution in [0.15, 0.2) is 65.6 Å². The third-order valence-electron chi connectivity index (χ3n) is 4.66. The Morgan fingerprint density at radius 3 is 2.59 bits per heavy atom. The maximum atomic E-state index is 12.7. The smallest absolute Gasteiger partial charge is 0.241 e. The van der Waals surface area contributed by atoms with Gasteiger partial charge in [0.15, 0.2) is 11.5 Å². The third-order valence-corrected chi connectivity index (χ3v) is 6.20. The van der Waals surface area contributed by atoms with Gasteiger partial charge >= 0.3 is 0 Å². The highest BCUT2D eigenvalue weighted by molar-refractivity contribution is 7.89. The first-order chi connectivity index (χ1) is 13.9. The Hall–Kier alpha value is -3.10. The zero-order valence-electron chi connectivity index (χ0n) is 15.7. The summed E-state index contributed by atoms with van der Waals surface area (Å²) < 4.78 is 38.3. The Balaban J connectivity index is 1.40. The molecule has 8 heteroatoms. The second-order valence-corrected chi connectivity index (χ2v) is 8.47. The minimum atomic E-state index is -3.83. The van der Waals surface area contributed by atoms with Gasteiger partial charge in [-0.2, -0.15) is 4.72 Å². The van der Waals surface area contributed by atoms with E-state index in [1.54, 1.807) is 24.3 Å². The molecule has 150 valence electrons. The van der Waals surface area contributed by atoms with Gasteiger partial charge in [-0.1, -0.05) is 36.4 Å². The number of carbonyl (C=O) groups excluding carboxylic acids is 1. The number of fused-ring (bicyclic) bond motifs is 2. The average Bonchev–Trinajstić information content (AvgIpc) is 3.19. The standard InChI is InChI=1S/C21H20N2O5S/c1-14(21(24)22-12-15-6-9-19-20(10-15)28-13-27-19)23-29(25,26)18-8-7-16-4-2-3-5-17(16)11-18/h2-11,14,23H,12-13H2,1H3,(H,22,24)/t14-/m1/s1. The summed E-state index contributed by atoms with van der Waals surface area (Å²) in [5.74, 6) is 0.866. The lowest BCUT2D eigenvalue weighted by atomic mass is 10.1. The van der Waals surface area contributed by atoms with Gasteiger partial charge in [0.1, 0.15) is 0 Å². The molecule has 0 aliphatic carbocycles. The zero-order valence-corrected chi connectivity index (χ0v) is 16.5. The van der Waals surface area contributed by atoms with Gasteiger partial charge in [0.05, 0.1) is 10.9 Å². The largest absolute Gasteiger partial charge is 0.454 e. The summed E-state index contributed by atoms with van der Waals surface area (Å²) in [6, 6.07) is 16.8. The summed E-state index contributed by atoms with van der Waals surface area (Å²) in [4.78, 5) is 12.5. The monoisotopic (exact) mass is 412 g/mol. The first-order valence-electron chi connectivity index (χ1n) is 9.10. The van der Waals surface area contributed by atoms with E-state index < -0.39 is 22.0 Å². The molecule has 7 nitrogen and oxygen atoms in total. The molecule has 0 saturated carbocycles. The highest BCUT2D eigenvalue weighted by Gasteiger charge is 2.22. The first kappa shape index (κ1) is 19.2. The maximum absolute atomic E-state index is 12.7. The van der Waals surface area contributed by atoms with Gasteiger partial charge < -0.3 is 14.8 Å². The van der Waals surface area contributed by atoms with Crippen LogP contribution in [0.2, 0.25) is 0 Å². The molecule has 0 fully saturated rings. The quantitative estimate of drug-likeness (QED) is 0.649. The fraction of sp³-hybridized carbons (Fsp3) is 0.190. The van der Waals surface area contributed by atoms with Crippen LogP contribution in [0.4, 0.5) is 0 Å².